The molecule has 24 heavy (non-hydrogen) atoms. The molecule has 0 saturated heterocycles. The zero-order valence-electron chi connectivity index (χ0n) is 13.5. The summed E-state index contributed by atoms with van der Waals surface area (Å²) < 4.78 is 11.5. The highest BCUT2D eigenvalue weighted by atomic mass is 32.1. The molecule has 0 unspecified atom stereocenters. The number of hydrogen-bond acceptors (Lipinski definition) is 6. The van der Waals surface area contributed by atoms with Gasteiger partial charge >= 0.3 is 0 Å². The van der Waals surface area contributed by atoms with E-state index in [2.05, 4.69) is 15.8 Å². The Kier molecular flexibility index (Phi) is 4.52. The highest BCUT2D eigenvalue weighted by Crippen LogP contribution is 2.31. The molecule has 6 nitrogen and oxygen atoms in total. The molecular formula is C17H17N3O3S. The Labute approximate surface area is 143 Å². The van der Waals surface area contributed by atoms with Gasteiger partial charge in [0.1, 0.15) is 0 Å². The summed E-state index contributed by atoms with van der Waals surface area (Å²) >= 11 is 1.47. The minimum Gasteiger partial charge on any atom is -0.493 e. The lowest BCUT2D eigenvalue weighted by atomic mass is 10.2. The monoisotopic (exact) mass is 343 g/mol. The molecule has 3 aromatic rings. The number of carbonyl (C=O) groups excluding carboxylic acids is 1. The van der Waals surface area contributed by atoms with Crippen molar-refractivity contribution in [1.82, 2.24) is 10.4 Å². The van der Waals surface area contributed by atoms with Crippen LogP contribution in [0.3, 0.4) is 0 Å². The van der Waals surface area contributed by atoms with E-state index in [0.717, 1.165) is 15.8 Å². The number of methoxy groups -OCH3 is 2. The predicted molar refractivity (Wildman–Crippen MR) is 95.0 cm³/mol. The van der Waals surface area contributed by atoms with Gasteiger partial charge in [-0.3, -0.25) is 15.6 Å². The number of benzene rings is 2. The molecule has 1 aromatic heterocycles. The van der Waals surface area contributed by atoms with Gasteiger partial charge in [0.2, 0.25) is 5.13 Å². The number of nitrogens with zero attached hydrogens (tertiary/aromatic N) is 1. The third kappa shape index (κ3) is 2.98. The Morgan fingerprint density at radius 2 is 1.92 bits per heavy atom. The topological polar surface area (TPSA) is 72.5 Å². The molecule has 0 atom stereocenters. The summed E-state index contributed by atoms with van der Waals surface area (Å²) in [5, 5.41) is 0.620. The SMILES string of the molecule is COc1cccc(C(=O)NNc2nc3c(C)cccc3s2)c1OC. The van der Waals surface area contributed by atoms with Gasteiger partial charge in [-0.05, 0) is 30.7 Å². The van der Waals surface area contributed by atoms with Gasteiger partial charge < -0.3 is 9.47 Å². The van der Waals surface area contributed by atoms with Crippen LogP contribution in [-0.2, 0) is 0 Å². The van der Waals surface area contributed by atoms with Gasteiger partial charge in [-0.1, -0.05) is 29.5 Å². The van der Waals surface area contributed by atoms with Crippen LogP contribution in [0.25, 0.3) is 10.2 Å². The third-order valence-corrected chi connectivity index (χ3v) is 4.49. The predicted octanol–water partition coefficient (Wildman–Crippen LogP) is 3.38. The average molecular weight is 343 g/mol. The molecule has 7 heteroatoms. The summed E-state index contributed by atoms with van der Waals surface area (Å²) in [6.07, 6.45) is 0. The number of ether oxygens (including phenoxy) is 2. The summed E-state index contributed by atoms with van der Waals surface area (Å²) in [5.74, 6) is 0.557. The summed E-state index contributed by atoms with van der Waals surface area (Å²) in [6, 6.07) is 11.1. The molecule has 1 amide bonds. The number of fused-ring (bicyclic) bond motifs is 1. The fourth-order valence-electron chi connectivity index (χ4n) is 2.38. The second-order valence-electron chi connectivity index (χ2n) is 5.06. The Hall–Kier alpha value is -2.80. The highest BCUT2D eigenvalue weighted by Gasteiger charge is 2.16. The minimum atomic E-state index is -0.332. The number of aromatic nitrogens is 1. The minimum absolute atomic E-state index is 0.332. The fraction of sp³-hybridized carbons (Fsp3) is 0.176. The van der Waals surface area contributed by atoms with Crippen LogP contribution in [0.4, 0.5) is 5.13 Å². The maximum atomic E-state index is 12.4. The molecule has 124 valence electrons. The number of hydrogen-bond donors (Lipinski definition) is 2. The number of thiazole rings is 1. The largest absolute Gasteiger partial charge is 0.493 e. The fourth-order valence-corrected chi connectivity index (χ4v) is 3.28. The van der Waals surface area contributed by atoms with Crippen molar-refractivity contribution in [1.29, 1.82) is 0 Å². The molecular weight excluding hydrogens is 326 g/mol. The molecule has 0 bridgehead atoms. The number of nitrogens with one attached hydrogen (secondary N) is 2. The number of hydrazine groups is 1. The summed E-state index contributed by atoms with van der Waals surface area (Å²) in [5.41, 5.74) is 7.91. The van der Waals surface area contributed by atoms with E-state index in [1.54, 1.807) is 18.2 Å². The van der Waals surface area contributed by atoms with Crippen LogP contribution >= 0.6 is 11.3 Å². The van der Waals surface area contributed by atoms with E-state index in [1.807, 2.05) is 25.1 Å². The summed E-state index contributed by atoms with van der Waals surface area (Å²) in [6.45, 7) is 2.01. The molecule has 2 aromatic carbocycles. The number of rotatable bonds is 5. The number of aryl methyl sites for hydroxylation is 1. The van der Waals surface area contributed by atoms with Crippen LogP contribution in [0, 0.1) is 6.92 Å². The molecule has 1 heterocycles. The number of anilines is 1. The lowest BCUT2D eigenvalue weighted by Crippen LogP contribution is -2.29. The van der Waals surface area contributed by atoms with E-state index < -0.39 is 0 Å². The smallest absolute Gasteiger partial charge is 0.273 e. The molecule has 0 radical (unpaired) electrons. The number of amides is 1. The van der Waals surface area contributed by atoms with Crippen LogP contribution in [0.2, 0.25) is 0 Å². The molecule has 3 rings (SSSR count). The van der Waals surface area contributed by atoms with Crippen molar-refractivity contribution in [3.63, 3.8) is 0 Å². The summed E-state index contributed by atoms with van der Waals surface area (Å²) in [7, 11) is 3.03. The first-order valence-electron chi connectivity index (χ1n) is 7.27. The van der Waals surface area contributed by atoms with E-state index in [-0.39, 0.29) is 5.91 Å². The second kappa shape index (κ2) is 6.76. The Balaban J connectivity index is 1.79. The molecule has 0 aliphatic heterocycles. The Morgan fingerprint density at radius 1 is 1.12 bits per heavy atom. The van der Waals surface area contributed by atoms with Gasteiger partial charge in [0.25, 0.3) is 5.91 Å². The zero-order chi connectivity index (χ0) is 17.1. The standard InChI is InChI=1S/C17H17N3O3S/c1-10-6-4-9-13-14(10)18-17(24-13)20-19-16(21)11-7-5-8-12(22-2)15(11)23-3/h4-9H,1-3H3,(H,18,20)(H,19,21). The van der Waals surface area contributed by atoms with Gasteiger partial charge in [0, 0.05) is 0 Å². The normalized spacial score (nSPS) is 10.5. The van der Waals surface area contributed by atoms with Gasteiger partial charge in [0.15, 0.2) is 11.5 Å². The number of para-hydroxylation sites is 2. The van der Waals surface area contributed by atoms with Crippen molar-refractivity contribution in [2.24, 2.45) is 0 Å². The third-order valence-electron chi connectivity index (χ3n) is 3.55. The average Bonchev–Trinajstić information content (AvgIpc) is 3.03. The van der Waals surface area contributed by atoms with Crippen molar-refractivity contribution < 1.29 is 14.3 Å². The van der Waals surface area contributed by atoms with Crippen LogP contribution in [0.1, 0.15) is 15.9 Å². The van der Waals surface area contributed by atoms with Crippen molar-refractivity contribution in [2.75, 3.05) is 19.6 Å². The Morgan fingerprint density at radius 3 is 2.62 bits per heavy atom. The Bertz CT molecular complexity index is 892. The second-order valence-corrected chi connectivity index (χ2v) is 6.09. The first kappa shape index (κ1) is 16.1. The molecule has 0 spiro atoms. The lowest BCUT2D eigenvalue weighted by molar-refractivity contribution is 0.0959. The van der Waals surface area contributed by atoms with E-state index in [4.69, 9.17) is 9.47 Å². The van der Waals surface area contributed by atoms with E-state index in [0.29, 0.717) is 22.2 Å². The van der Waals surface area contributed by atoms with Gasteiger partial charge in [0.05, 0.1) is 30.0 Å². The first-order valence-corrected chi connectivity index (χ1v) is 8.09. The van der Waals surface area contributed by atoms with Crippen molar-refractivity contribution in [3.8, 4) is 11.5 Å². The van der Waals surface area contributed by atoms with Crippen LogP contribution < -0.4 is 20.3 Å². The van der Waals surface area contributed by atoms with E-state index in [1.165, 1.54) is 25.6 Å². The van der Waals surface area contributed by atoms with Gasteiger partial charge in [-0.25, -0.2) is 4.98 Å². The maximum absolute atomic E-state index is 12.4. The van der Waals surface area contributed by atoms with E-state index >= 15 is 0 Å². The lowest BCUT2D eigenvalue weighted by Gasteiger charge is -2.12. The highest BCUT2D eigenvalue weighted by molar-refractivity contribution is 7.22. The van der Waals surface area contributed by atoms with Crippen LogP contribution in [0.5, 0.6) is 11.5 Å². The van der Waals surface area contributed by atoms with Crippen LogP contribution in [-0.4, -0.2) is 25.1 Å². The molecule has 0 aliphatic carbocycles. The zero-order valence-corrected chi connectivity index (χ0v) is 14.4. The van der Waals surface area contributed by atoms with Crippen LogP contribution in [0.15, 0.2) is 36.4 Å². The van der Waals surface area contributed by atoms with Gasteiger partial charge in [-0.2, -0.15) is 0 Å². The number of carbonyl (C=O) groups is 1. The quantitative estimate of drug-likeness (QED) is 0.695. The molecule has 0 fully saturated rings. The molecule has 2 N–H and O–H groups in total. The maximum Gasteiger partial charge on any atom is 0.273 e. The first-order chi connectivity index (χ1) is 11.6. The van der Waals surface area contributed by atoms with Crippen molar-refractivity contribution in [3.05, 3.63) is 47.5 Å². The van der Waals surface area contributed by atoms with Crippen molar-refractivity contribution in [2.45, 2.75) is 6.92 Å². The molecule has 0 aliphatic rings. The van der Waals surface area contributed by atoms with Gasteiger partial charge in [-0.15, -0.1) is 0 Å². The van der Waals surface area contributed by atoms with E-state index in [9.17, 15) is 4.79 Å². The summed E-state index contributed by atoms with van der Waals surface area (Å²) in [4.78, 5) is 16.9. The van der Waals surface area contributed by atoms with Crippen molar-refractivity contribution >= 4 is 32.6 Å². The molecule has 0 saturated carbocycles.